The summed E-state index contributed by atoms with van der Waals surface area (Å²) in [6.07, 6.45) is 0. The highest BCUT2D eigenvalue weighted by molar-refractivity contribution is 5.98. The molecule has 1 fully saturated rings. The highest BCUT2D eigenvalue weighted by Crippen LogP contribution is 2.21. The molecule has 1 saturated heterocycles. The van der Waals surface area contributed by atoms with Crippen molar-refractivity contribution in [2.24, 2.45) is 0 Å². The van der Waals surface area contributed by atoms with Gasteiger partial charge in [0.25, 0.3) is 5.91 Å². The molecule has 0 saturated carbocycles. The number of benzene rings is 1. The molecule has 17 heavy (non-hydrogen) atoms. The van der Waals surface area contributed by atoms with Crippen molar-refractivity contribution in [3.63, 3.8) is 0 Å². The molecule has 0 spiro atoms. The predicted octanol–water partition coefficient (Wildman–Crippen LogP) is 0.273. The van der Waals surface area contributed by atoms with E-state index in [4.69, 9.17) is 0 Å². The molecule has 5 nitrogen and oxygen atoms in total. The van der Waals surface area contributed by atoms with Crippen molar-refractivity contribution in [1.29, 1.82) is 0 Å². The highest BCUT2D eigenvalue weighted by atomic mass is 16.3. The van der Waals surface area contributed by atoms with Crippen LogP contribution in [0.1, 0.15) is 15.9 Å². The van der Waals surface area contributed by atoms with Crippen LogP contribution >= 0.6 is 0 Å². The molecule has 1 heterocycles. The van der Waals surface area contributed by atoms with Gasteiger partial charge in [-0.2, -0.15) is 0 Å². The Morgan fingerprint density at radius 1 is 1.47 bits per heavy atom. The number of carbonyl (C=O) groups excluding carboxylic acids is 2. The van der Waals surface area contributed by atoms with E-state index in [2.05, 4.69) is 5.32 Å². The largest absolute Gasteiger partial charge is 0.508 e. The van der Waals surface area contributed by atoms with Gasteiger partial charge in [-0.05, 0) is 19.1 Å². The Morgan fingerprint density at radius 2 is 2.24 bits per heavy atom. The van der Waals surface area contributed by atoms with E-state index >= 15 is 0 Å². The zero-order chi connectivity index (χ0) is 12.4. The molecule has 1 aliphatic heterocycles. The predicted molar refractivity (Wildman–Crippen MR) is 61.8 cm³/mol. The molecule has 5 heteroatoms. The van der Waals surface area contributed by atoms with Gasteiger partial charge in [0.1, 0.15) is 5.75 Å². The highest BCUT2D eigenvalue weighted by Gasteiger charge is 2.23. The molecule has 2 N–H and O–H groups in total. The lowest BCUT2D eigenvalue weighted by Crippen LogP contribution is -2.50. The van der Waals surface area contributed by atoms with E-state index in [1.807, 2.05) is 0 Å². The average Bonchev–Trinajstić information content (AvgIpc) is 2.32. The summed E-state index contributed by atoms with van der Waals surface area (Å²) in [6, 6.07) is 4.82. The Labute approximate surface area is 99.0 Å². The Hall–Kier alpha value is -2.04. The lowest BCUT2D eigenvalue weighted by Gasteiger charge is -2.27. The van der Waals surface area contributed by atoms with E-state index in [-0.39, 0.29) is 24.1 Å². The SMILES string of the molecule is Cc1c(O)cccc1C(=O)N1CCNC(=O)C1. The van der Waals surface area contributed by atoms with Crippen molar-refractivity contribution in [3.05, 3.63) is 29.3 Å². The van der Waals surface area contributed by atoms with E-state index in [1.54, 1.807) is 19.1 Å². The summed E-state index contributed by atoms with van der Waals surface area (Å²) in [4.78, 5) is 24.8. The quantitative estimate of drug-likeness (QED) is 0.733. The topological polar surface area (TPSA) is 69.6 Å². The van der Waals surface area contributed by atoms with Crippen LogP contribution in [0.5, 0.6) is 5.75 Å². The first-order chi connectivity index (χ1) is 8.09. The number of phenols is 1. The number of amides is 2. The van der Waals surface area contributed by atoms with Gasteiger partial charge in [0, 0.05) is 24.2 Å². The van der Waals surface area contributed by atoms with Crippen LogP contribution in [0.25, 0.3) is 0 Å². The van der Waals surface area contributed by atoms with Crippen LogP contribution in [0, 0.1) is 6.92 Å². The number of phenolic OH excluding ortho intramolecular Hbond substituents is 1. The van der Waals surface area contributed by atoms with Crippen molar-refractivity contribution in [2.75, 3.05) is 19.6 Å². The third-order valence-electron chi connectivity index (χ3n) is 2.86. The fourth-order valence-electron chi connectivity index (χ4n) is 1.84. The Morgan fingerprint density at radius 3 is 2.94 bits per heavy atom. The van der Waals surface area contributed by atoms with Gasteiger partial charge in [0.15, 0.2) is 0 Å². The number of piperazine rings is 1. The van der Waals surface area contributed by atoms with Crippen LogP contribution in [-0.4, -0.2) is 41.5 Å². The minimum Gasteiger partial charge on any atom is -0.508 e. The summed E-state index contributed by atoms with van der Waals surface area (Å²) < 4.78 is 0. The average molecular weight is 234 g/mol. The zero-order valence-electron chi connectivity index (χ0n) is 9.56. The smallest absolute Gasteiger partial charge is 0.254 e. The van der Waals surface area contributed by atoms with Gasteiger partial charge in [0.2, 0.25) is 5.91 Å². The zero-order valence-corrected chi connectivity index (χ0v) is 9.56. The maximum Gasteiger partial charge on any atom is 0.254 e. The summed E-state index contributed by atoms with van der Waals surface area (Å²) in [6.45, 7) is 2.74. The van der Waals surface area contributed by atoms with Crippen molar-refractivity contribution in [2.45, 2.75) is 6.92 Å². The standard InChI is InChI=1S/C12H14N2O3/c1-8-9(3-2-4-10(8)15)12(17)14-6-5-13-11(16)7-14/h2-4,15H,5-7H2,1H3,(H,13,16). The lowest BCUT2D eigenvalue weighted by molar-refractivity contribution is -0.123. The van der Waals surface area contributed by atoms with Crippen LogP contribution in [0.2, 0.25) is 0 Å². The van der Waals surface area contributed by atoms with Crippen molar-refractivity contribution in [3.8, 4) is 5.75 Å². The second kappa shape index (κ2) is 4.45. The van der Waals surface area contributed by atoms with Crippen molar-refractivity contribution < 1.29 is 14.7 Å². The summed E-state index contributed by atoms with van der Waals surface area (Å²) in [5.41, 5.74) is 0.989. The van der Waals surface area contributed by atoms with E-state index in [9.17, 15) is 14.7 Å². The van der Waals surface area contributed by atoms with E-state index in [0.717, 1.165) is 0 Å². The summed E-state index contributed by atoms with van der Waals surface area (Å²) in [7, 11) is 0. The van der Waals surface area contributed by atoms with E-state index in [0.29, 0.717) is 24.2 Å². The van der Waals surface area contributed by atoms with Crippen LogP contribution in [-0.2, 0) is 4.79 Å². The van der Waals surface area contributed by atoms with Crippen LogP contribution in [0.15, 0.2) is 18.2 Å². The number of aromatic hydroxyl groups is 1. The van der Waals surface area contributed by atoms with Gasteiger partial charge >= 0.3 is 0 Å². The van der Waals surface area contributed by atoms with Crippen LogP contribution < -0.4 is 5.32 Å². The van der Waals surface area contributed by atoms with Crippen molar-refractivity contribution in [1.82, 2.24) is 10.2 Å². The third kappa shape index (κ3) is 2.22. The summed E-state index contributed by atoms with van der Waals surface area (Å²) in [5, 5.41) is 12.2. The Balaban J connectivity index is 2.24. The Kier molecular flexibility index (Phi) is 2.99. The van der Waals surface area contributed by atoms with Gasteiger partial charge in [-0.1, -0.05) is 6.07 Å². The summed E-state index contributed by atoms with van der Waals surface area (Å²) in [5.74, 6) is -0.270. The number of hydrogen-bond acceptors (Lipinski definition) is 3. The molecule has 90 valence electrons. The molecule has 0 bridgehead atoms. The molecule has 0 atom stereocenters. The molecule has 0 unspecified atom stereocenters. The van der Waals surface area contributed by atoms with Crippen LogP contribution in [0.3, 0.4) is 0 Å². The molecule has 1 aromatic carbocycles. The lowest BCUT2D eigenvalue weighted by atomic mass is 10.1. The van der Waals surface area contributed by atoms with Crippen LogP contribution in [0.4, 0.5) is 0 Å². The number of nitrogens with zero attached hydrogens (tertiary/aromatic N) is 1. The fraction of sp³-hybridized carbons (Fsp3) is 0.333. The maximum atomic E-state index is 12.2. The molecule has 0 aromatic heterocycles. The van der Waals surface area contributed by atoms with E-state index < -0.39 is 0 Å². The number of carbonyl (C=O) groups is 2. The van der Waals surface area contributed by atoms with Gasteiger partial charge in [-0.15, -0.1) is 0 Å². The third-order valence-corrected chi connectivity index (χ3v) is 2.86. The minimum atomic E-state index is -0.215. The number of hydrogen-bond donors (Lipinski definition) is 2. The van der Waals surface area contributed by atoms with Gasteiger partial charge < -0.3 is 15.3 Å². The first kappa shape index (κ1) is 11.4. The molecule has 2 amide bonds. The molecule has 2 rings (SSSR count). The minimum absolute atomic E-state index is 0.0773. The molecular formula is C12H14N2O3. The molecule has 1 aliphatic rings. The second-order valence-electron chi connectivity index (χ2n) is 4.03. The number of nitrogens with one attached hydrogen (secondary N) is 1. The van der Waals surface area contributed by atoms with Gasteiger partial charge in [-0.3, -0.25) is 9.59 Å². The summed E-state index contributed by atoms with van der Waals surface area (Å²) >= 11 is 0. The number of rotatable bonds is 1. The molecule has 0 radical (unpaired) electrons. The first-order valence-corrected chi connectivity index (χ1v) is 5.44. The first-order valence-electron chi connectivity index (χ1n) is 5.44. The Bertz CT molecular complexity index is 471. The van der Waals surface area contributed by atoms with Crippen molar-refractivity contribution >= 4 is 11.8 Å². The molecule has 1 aromatic rings. The van der Waals surface area contributed by atoms with E-state index in [1.165, 1.54) is 11.0 Å². The molecular weight excluding hydrogens is 220 g/mol. The maximum absolute atomic E-state index is 12.2. The fourth-order valence-corrected chi connectivity index (χ4v) is 1.84. The van der Waals surface area contributed by atoms with Gasteiger partial charge in [0.05, 0.1) is 6.54 Å². The molecule has 0 aliphatic carbocycles. The monoisotopic (exact) mass is 234 g/mol. The second-order valence-corrected chi connectivity index (χ2v) is 4.03. The van der Waals surface area contributed by atoms with Gasteiger partial charge in [-0.25, -0.2) is 0 Å². The normalized spacial score (nSPS) is 15.6.